The van der Waals surface area contributed by atoms with Crippen molar-refractivity contribution in [3.8, 4) is 0 Å². The zero-order valence-corrected chi connectivity index (χ0v) is 11.3. The fourth-order valence-electron chi connectivity index (χ4n) is 3.03. The van der Waals surface area contributed by atoms with Gasteiger partial charge in [-0.1, -0.05) is 12.1 Å². The molecule has 0 saturated carbocycles. The van der Waals surface area contributed by atoms with Gasteiger partial charge in [-0.25, -0.2) is 9.18 Å². The lowest BCUT2D eigenvalue weighted by Gasteiger charge is -2.32. The lowest BCUT2D eigenvalue weighted by Crippen LogP contribution is -2.45. The van der Waals surface area contributed by atoms with Crippen molar-refractivity contribution in [1.82, 2.24) is 10.2 Å². The summed E-state index contributed by atoms with van der Waals surface area (Å²) in [7, 11) is 0. The van der Waals surface area contributed by atoms with E-state index in [1.165, 1.54) is 12.1 Å². The van der Waals surface area contributed by atoms with Gasteiger partial charge in [0.2, 0.25) is 0 Å². The number of piperidine rings is 1. The van der Waals surface area contributed by atoms with Crippen LogP contribution in [0.3, 0.4) is 0 Å². The van der Waals surface area contributed by atoms with E-state index in [4.69, 9.17) is 4.74 Å². The average Bonchev–Trinajstić information content (AvgIpc) is 2.84. The van der Waals surface area contributed by atoms with Crippen molar-refractivity contribution in [1.29, 1.82) is 0 Å². The molecular formula is C15H19FN2O2. The average molecular weight is 278 g/mol. The van der Waals surface area contributed by atoms with Gasteiger partial charge in [0.15, 0.2) is 0 Å². The van der Waals surface area contributed by atoms with Gasteiger partial charge in [-0.3, -0.25) is 4.90 Å². The number of hydrogen-bond donors (Lipinski definition) is 1. The molecule has 2 heterocycles. The Morgan fingerprint density at radius 3 is 2.85 bits per heavy atom. The Morgan fingerprint density at radius 2 is 2.15 bits per heavy atom. The first kappa shape index (κ1) is 13.4. The summed E-state index contributed by atoms with van der Waals surface area (Å²) in [5, 5.41) is 3.38. The Morgan fingerprint density at radius 1 is 1.35 bits per heavy atom. The van der Waals surface area contributed by atoms with E-state index >= 15 is 0 Å². The molecule has 0 aromatic heterocycles. The largest absolute Gasteiger partial charge is 0.447 e. The molecule has 0 aliphatic carbocycles. The van der Waals surface area contributed by atoms with Crippen molar-refractivity contribution in [2.75, 3.05) is 19.7 Å². The summed E-state index contributed by atoms with van der Waals surface area (Å²) >= 11 is 0. The number of hydrogen-bond acceptors (Lipinski definition) is 3. The van der Waals surface area contributed by atoms with Crippen molar-refractivity contribution in [3.63, 3.8) is 0 Å². The van der Waals surface area contributed by atoms with Gasteiger partial charge in [0.1, 0.15) is 12.4 Å². The summed E-state index contributed by atoms with van der Waals surface area (Å²) in [5.74, 6) is 0.182. The molecule has 1 N–H and O–H groups in total. The van der Waals surface area contributed by atoms with E-state index in [0.717, 1.165) is 31.5 Å². The Hall–Kier alpha value is -1.62. The fraction of sp³-hybridized carbons (Fsp3) is 0.533. The van der Waals surface area contributed by atoms with Gasteiger partial charge >= 0.3 is 6.09 Å². The molecule has 2 fully saturated rings. The third-order valence-corrected chi connectivity index (χ3v) is 4.16. The molecule has 1 aromatic rings. The predicted molar refractivity (Wildman–Crippen MR) is 72.7 cm³/mol. The Kier molecular flexibility index (Phi) is 3.87. The van der Waals surface area contributed by atoms with E-state index in [2.05, 4.69) is 5.32 Å². The third kappa shape index (κ3) is 2.77. The molecule has 0 bridgehead atoms. The smallest absolute Gasteiger partial charge is 0.410 e. The summed E-state index contributed by atoms with van der Waals surface area (Å²) in [4.78, 5) is 13.7. The molecule has 2 atom stereocenters. The first-order valence-corrected chi connectivity index (χ1v) is 7.12. The second-order valence-corrected chi connectivity index (χ2v) is 5.51. The number of nitrogens with zero attached hydrogens (tertiary/aromatic N) is 1. The number of carbonyl (C=O) groups excluding carboxylic acids is 1. The zero-order chi connectivity index (χ0) is 13.9. The monoisotopic (exact) mass is 278 g/mol. The number of carbonyl (C=O) groups is 1. The highest BCUT2D eigenvalue weighted by molar-refractivity contribution is 5.70. The molecule has 20 heavy (non-hydrogen) atoms. The minimum Gasteiger partial charge on any atom is -0.447 e. The number of amides is 1. The number of halogens is 1. The lowest BCUT2D eigenvalue weighted by atomic mass is 9.91. The predicted octanol–water partition coefficient (Wildman–Crippen LogP) is 2.15. The molecule has 0 radical (unpaired) electrons. The maximum absolute atomic E-state index is 12.9. The Balaban J connectivity index is 1.71. The van der Waals surface area contributed by atoms with Crippen LogP contribution in [-0.2, 0) is 11.3 Å². The minimum absolute atomic E-state index is 0.125. The third-order valence-electron chi connectivity index (χ3n) is 4.16. The number of nitrogens with one attached hydrogen (secondary N) is 1. The molecule has 1 aromatic carbocycles. The molecule has 2 aliphatic rings. The summed E-state index contributed by atoms with van der Waals surface area (Å²) in [6.07, 6.45) is 2.00. The number of cyclic esters (lactones) is 1. The molecule has 2 saturated heterocycles. The van der Waals surface area contributed by atoms with E-state index in [9.17, 15) is 9.18 Å². The van der Waals surface area contributed by atoms with E-state index in [1.54, 1.807) is 17.0 Å². The number of ether oxygens (including phenoxy) is 1. The summed E-state index contributed by atoms with van der Waals surface area (Å²) in [6, 6.07) is 6.41. The second-order valence-electron chi connectivity index (χ2n) is 5.51. The summed E-state index contributed by atoms with van der Waals surface area (Å²) < 4.78 is 18.1. The topological polar surface area (TPSA) is 41.6 Å². The fourth-order valence-corrected chi connectivity index (χ4v) is 3.03. The molecule has 3 rings (SSSR count). The van der Waals surface area contributed by atoms with Crippen molar-refractivity contribution >= 4 is 6.09 Å². The van der Waals surface area contributed by atoms with E-state index in [0.29, 0.717) is 19.1 Å². The van der Waals surface area contributed by atoms with Crippen LogP contribution in [0, 0.1) is 11.7 Å². The van der Waals surface area contributed by atoms with Crippen molar-refractivity contribution < 1.29 is 13.9 Å². The molecule has 0 spiro atoms. The van der Waals surface area contributed by atoms with Crippen LogP contribution in [0.4, 0.5) is 9.18 Å². The van der Waals surface area contributed by atoms with Gasteiger partial charge in [0.25, 0.3) is 0 Å². The van der Waals surface area contributed by atoms with Gasteiger partial charge in [0, 0.05) is 13.1 Å². The minimum atomic E-state index is -0.259. The second kappa shape index (κ2) is 5.79. The quantitative estimate of drug-likeness (QED) is 0.921. The molecule has 2 aliphatic heterocycles. The molecule has 5 heteroatoms. The first-order chi connectivity index (χ1) is 9.74. The highest BCUT2D eigenvalue weighted by atomic mass is 19.1. The van der Waals surface area contributed by atoms with Crippen molar-refractivity contribution in [3.05, 3.63) is 35.6 Å². The number of benzene rings is 1. The van der Waals surface area contributed by atoms with Crippen LogP contribution >= 0.6 is 0 Å². The van der Waals surface area contributed by atoms with Gasteiger partial charge in [-0.15, -0.1) is 0 Å². The first-order valence-electron chi connectivity index (χ1n) is 7.12. The van der Waals surface area contributed by atoms with Gasteiger partial charge < -0.3 is 10.1 Å². The Bertz CT molecular complexity index is 471. The normalized spacial score (nSPS) is 26.6. The summed E-state index contributed by atoms with van der Waals surface area (Å²) in [5.41, 5.74) is 0.930. The lowest BCUT2D eigenvalue weighted by molar-refractivity contribution is 0.152. The Labute approximate surface area is 117 Å². The molecule has 4 nitrogen and oxygen atoms in total. The van der Waals surface area contributed by atoms with Crippen molar-refractivity contribution in [2.45, 2.75) is 25.4 Å². The number of rotatable bonds is 3. The maximum Gasteiger partial charge on any atom is 0.410 e. The van der Waals surface area contributed by atoms with E-state index < -0.39 is 0 Å². The van der Waals surface area contributed by atoms with Crippen LogP contribution in [0.15, 0.2) is 24.3 Å². The molecule has 1 amide bonds. The SMILES string of the molecule is O=C1OCC(C2CCCNC2)N1Cc1ccc(F)cc1. The van der Waals surface area contributed by atoms with Crippen molar-refractivity contribution in [2.24, 2.45) is 5.92 Å². The van der Waals surface area contributed by atoms with Gasteiger partial charge in [-0.2, -0.15) is 0 Å². The zero-order valence-electron chi connectivity index (χ0n) is 11.3. The summed E-state index contributed by atoms with van der Waals surface area (Å²) in [6.45, 7) is 2.93. The van der Waals surface area contributed by atoms with E-state index in [-0.39, 0.29) is 18.0 Å². The van der Waals surface area contributed by atoms with Gasteiger partial charge in [-0.05, 0) is 43.0 Å². The van der Waals surface area contributed by atoms with Crippen LogP contribution in [0.1, 0.15) is 18.4 Å². The molecule has 108 valence electrons. The van der Waals surface area contributed by atoms with Gasteiger partial charge in [0.05, 0.1) is 6.04 Å². The van der Waals surface area contributed by atoms with Crippen LogP contribution in [0.5, 0.6) is 0 Å². The maximum atomic E-state index is 12.9. The molecule has 2 unspecified atom stereocenters. The van der Waals surface area contributed by atoms with Crippen LogP contribution in [-0.4, -0.2) is 36.7 Å². The van der Waals surface area contributed by atoms with Crippen LogP contribution in [0.25, 0.3) is 0 Å². The molecular weight excluding hydrogens is 259 g/mol. The highest BCUT2D eigenvalue weighted by Crippen LogP contribution is 2.26. The van der Waals surface area contributed by atoms with Crippen LogP contribution in [0.2, 0.25) is 0 Å². The highest BCUT2D eigenvalue weighted by Gasteiger charge is 2.38. The standard InChI is InChI=1S/C15H19FN2O2/c16-13-5-3-11(4-6-13)9-18-14(10-20-15(18)19)12-2-1-7-17-8-12/h3-6,12,14,17H,1-2,7-10H2. The van der Waals surface area contributed by atoms with Crippen LogP contribution < -0.4 is 5.32 Å². The van der Waals surface area contributed by atoms with E-state index in [1.807, 2.05) is 0 Å².